The SMILES string of the molecule is Cn1nc(-c2ccc(C(C(N)=O)c3ccccc3Cl)cc2S(N)(=O)=O)cc1C(C)(C)O. The van der Waals surface area contributed by atoms with Gasteiger partial charge >= 0.3 is 0 Å². The standard InChI is InChI=1S/C21H23ClN4O4S/c1-21(2,28)18-11-16(25-26(18)3)14-9-8-12(10-17(14)31(24,29)30)19(20(23)27)13-6-4-5-7-15(13)22/h4-11,19,28H,1-3H3,(H2,23,27)(H2,24,29,30). The topological polar surface area (TPSA) is 141 Å². The maximum absolute atomic E-state index is 12.4. The largest absolute Gasteiger partial charge is 0.384 e. The van der Waals surface area contributed by atoms with Gasteiger partial charge < -0.3 is 10.8 Å². The first-order valence-electron chi connectivity index (χ1n) is 9.28. The van der Waals surface area contributed by atoms with Crippen LogP contribution in [0.2, 0.25) is 5.02 Å². The lowest BCUT2D eigenvalue weighted by molar-refractivity contribution is -0.118. The zero-order valence-corrected chi connectivity index (χ0v) is 18.8. The second-order valence-electron chi connectivity index (χ2n) is 7.75. The van der Waals surface area contributed by atoms with Crippen LogP contribution in [0.4, 0.5) is 0 Å². The fourth-order valence-electron chi connectivity index (χ4n) is 3.54. The summed E-state index contributed by atoms with van der Waals surface area (Å²) < 4.78 is 26.3. The summed E-state index contributed by atoms with van der Waals surface area (Å²) in [6, 6.07) is 12.7. The van der Waals surface area contributed by atoms with Crippen LogP contribution >= 0.6 is 11.6 Å². The Morgan fingerprint density at radius 1 is 1.19 bits per heavy atom. The molecule has 0 saturated carbocycles. The molecular formula is C21H23ClN4O4S. The van der Waals surface area contributed by atoms with Gasteiger partial charge in [0.1, 0.15) is 5.60 Å². The van der Waals surface area contributed by atoms with Gasteiger partial charge in [-0.1, -0.05) is 41.9 Å². The number of aliphatic hydroxyl groups is 1. The van der Waals surface area contributed by atoms with Gasteiger partial charge in [0.25, 0.3) is 0 Å². The van der Waals surface area contributed by atoms with E-state index < -0.39 is 27.4 Å². The van der Waals surface area contributed by atoms with E-state index >= 15 is 0 Å². The Kier molecular flexibility index (Phi) is 5.98. The van der Waals surface area contributed by atoms with Crippen LogP contribution in [0.25, 0.3) is 11.3 Å². The number of nitrogens with zero attached hydrogens (tertiary/aromatic N) is 2. The lowest BCUT2D eigenvalue weighted by Crippen LogP contribution is -2.23. The molecule has 1 amide bonds. The maximum atomic E-state index is 12.4. The molecule has 0 aliphatic rings. The first-order valence-corrected chi connectivity index (χ1v) is 11.2. The minimum absolute atomic E-state index is 0.219. The number of primary sulfonamides is 1. The van der Waals surface area contributed by atoms with Crippen molar-refractivity contribution in [1.82, 2.24) is 9.78 Å². The van der Waals surface area contributed by atoms with Gasteiger partial charge in [-0.2, -0.15) is 5.10 Å². The number of halogens is 1. The van der Waals surface area contributed by atoms with E-state index in [4.69, 9.17) is 22.5 Å². The molecule has 0 bridgehead atoms. The fraction of sp³-hybridized carbons (Fsp3) is 0.238. The van der Waals surface area contributed by atoms with Crippen molar-refractivity contribution in [2.75, 3.05) is 0 Å². The molecule has 10 heteroatoms. The normalized spacial score (nSPS) is 13.2. The molecule has 1 atom stereocenters. The molecule has 31 heavy (non-hydrogen) atoms. The van der Waals surface area contributed by atoms with Crippen molar-refractivity contribution in [3.8, 4) is 11.3 Å². The van der Waals surface area contributed by atoms with Gasteiger partial charge in [0.15, 0.2) is 0 Å². The molecule has 0 saturated heterocycles. The van der Waals surface area contributed by atoms with Crippen molar-refractivity contribution in [2.24, 2.45) is 17.9 Å². The summed E-state index contributed by atoms with van der Waals surface area (Å²) in [4.78, 5) is 12.0. The van der Waals surface area contributed by atoms with Crippen LogP contribution in [-0.4, -0.2) is 29.2 Å². The van der Waals surface area contributed by atoms with Gasteiger partial charge in [-0.05, 0) is 43.2 Å². The number of hydrogen-bond acceptors (Lipinski definition) is 5. The molecule has 8 nitrogen and oxygen atoms in total. The average Bonchev–Trinajstić information content (AvgIpc) is 3.04. The molecule has 5 N–H and O–H groups in total. The van der Waals surface area contributed by atoms with Crippen LogP contribution < -0.4 is 10.9 Å². The molecule has 0 spiro atoms. The number of aromatic nitrogens is 2. The predicted octanol–water partition coefficient (Wildman–Crippen LogP) is 2.23. The molecule has 3 rings (SSSR count). The molecule has 0 fully saturated rings. The second kappa shape index (κ2) is 8.08. The van der Waals surface area contributed by atoms with Crippen molar-refractivity contribution in [3.63, 3.8) is 0 Å². The molecule has 0 radical (unpaired) electrons. The van der Waals surface area contributed by atoms with E-state index in [0.29, 0.717) is 27.5 Å². The Morgan fingerprint density at radius 2 is 1.84 bits per heavy atom. The molecule has 0 aliphatic carbocycles. The highest BCUT2D eigenvalue weighted by Crippen LogP contribution is 2.35. The Balaban J connectivity index is 2.23. The number of rotatable bonds is 6. The Labute approximate surface area is 185 Å². The number of carbonyl (C=O) groups is 1. The second-order valence-corrected chi connectivity index (χ2v) is 9.69. The third-order valence-corrected chi connectivity index (χ3v) is 6.22. The Bertz CT molecular complexity index is 1260. The number of primary amides is 1. The van der Waals surface area contributed by atoms with Crippen molar-refractivity contribution in [2.45, 2.75) is 30.3 Å². The molecule has 1 aromatic heterocycles. The van der Waals surface area contributed by atoms with E-state index in [1.165, 1.54) is 16.8 Å². The van der Waals surface area contributed by atoms with Gasteiger partial charge in [0.05, 0.1) is 22.2 Å². The smallest absolute Gasteiger partial charge is 0.238 e. The Hall–Kier alpha value is -2.72. The van der Waals surface area contributed by atoms with Crippen molar-refractivity contribution in [1.29, 1.82) is 0 Å². The highest BCUT2D eigenvalue weighted by molar-refractivity contribution is 7.89. The quantitative estimate of drug-likeness (QED) is 0.515. The minimum atomic E-state index is -4.19. The summed E-state index contributed by atoms with van der Waals surface area (Å²) in [5.74, 6) is -1.66. The van der Waals surface area contributed by atoms with Crippen LogP contribution in [0.3, 0.4) is 0 Å². The lowest BCUT2D eigenvalue weighted by Gasteiger charge is -2.18. The minimum Gasteiger partial charge on any atom is -0.384 e. The van der Waals surface area contributed by atoms with E-state index in [-0.39, 0.29) is 10.5 Å². The molecular weight excluding hydrogens is 440 g/mol. The summed E-state index contributed by atoms with van der Waals surface area (Å²) in [5.41, 5.74) is 6.24. The van der Waals surface area contributed by atoms with Gasteiger partial charge in [-0.3, -0.25) is 9.48 Å². The first-order chi connectivity index (χ1) is 14.3. The average molecular weight is 463 g/mol. The predicted molar refractivity (Wildman–Crippen MR) is 118 cm³/mol. The summed E-state index contributed by atoms with van der Waals surface area (Å²) >= 11 is 6.25. The van der Waals surface area contributed by atoms with Crippen molar-refractivity contribution < 1.29 is 18.3 Å². The fourth-order valence-corrected chi connectivity index (χ4v) is 4.57. The van der Waals surface area contributed by atoms with Crippen LogP contribution in [0, 0.1) is 0 Å². The maximum Gasteiger partial charge on any atom is 0.238 e. The van der Waals surface area contributed by atoms with E-state index in [9.17, 15) is 18.3 Å². The van der Waals surface area contributed by atoms with Crippen LogP contribution in [0.1, 0.15) is 36.6 Å². The van der Waals surface area contributed by atoms with Crippen LogP contribution in [0.15, 0.2) is 53.4 Å². The van der Waals surface area contributed by atoms with E-state index in [1.54, 1.807) is 57.3 Å². The number of hydrogen-bond donors (Lipinski definition) is 3. The summed E-state index contributed by atoms with van der Waals surface area (Å²) in [6.45, 7) is 3.19. The highest BCUT2D eigenvalue weighted by atomic mass is 35.5. The number of benzene rings is 2. The monoisotopic (exact) mass is 462 g/mol. The molecule has 1 heterocycles. The number of carbonyl (C=O) groups excluding carboxylic acids is 1. The van der Waals surface area contributed by atoms with Gasteiger partial charge in [0.2, 0.25) is 15.9 Å². The number of nitrogens with two attached hydrogens (primary N) is 2. The number of sulfonamides is 1. The van der Waals surface area contributed by atoms with Crippen LogP contribution in [-0.2, 0) is 27.5 Å². The number of amides is 1. The molecule has 2 aromatic carbocycles. The Morgan fingerprint density at radius 3 is 2.35 bits per heavy atom. The van der Waals surface area contributed by atoms with Crippen molar-refractivity contribution in [3.05, 3.63) is 70.4 Å². The summed E-state index contributed by atoms with van der Waals surface area (Å²) in [6.07, 6.45) is 0. The van der Waals surface area contributed by atoms with Crippen molar-refractivity contribution >= 4 is 27.5 Å². The summed E-state index contributed by atoms with van der Waals surface area (Å²) in [7, 11) is -2.55. The third-order valence-electron chi connectivity index (χ3n) is 4.93. The van der Waals surface area contributed by atoms with E-state index in [1.807, 2.05) is 0 Å². The molecule has 3 aromatic rings. The van der Waals surface area contributed by atoms with E-state index in [0.717, 1.165) is 0 Å². The zero-order chi connectivity index (χ0) is 23.1. The lowest BCUT2D eigenvalue weighted by atomic mass is 9.90. The summed E-state index contributed by atoms with van der Waals surface area (Å²) in [5, 5.41) is 20.5. The van der Waals surface area contributed by atoms with Gasteiger partial charge in [-0.15, -0.1) is 0 Å². The van der Waals surface area contributed by atoms with E-state index in [2.05, 4.69) is 5.10 Å². The van der Waals surface area contributed by atoms with Gasteiger partial charge in [-0.25, -0.2) is 13.6 Å². The highest BCUT2D eigenvalue weighted by Gasteiger charge is 2.28. The third kappa shape index (κ3) is 4.64. The van der Waals surface area contributed by atoms with Crippen LogP contribution in [0.5, 0.6) is 0 Å². The first kappa shape index (κ1) is 23.0. The zero-order valence-electron chi connectivity index (χ0n) is 17.2. The van der Waals surface area contributed by atoms with Gasteiger partial charge in [0, 0.05) is 17.6 Å². The molecule has 1 unspecified atom stereocenters. The molecule has 0 aliphatic heterocycles. The number of aryl methyl sites for hydroxylation is 1. The molecule has 164 valence electrons.